The average molecular weight is 220 g/mol. The minimum absolute atomic E-state index is 0.761. The molecule has 0 saturated heterocycles. The Balaban J connectivity index is 1.46. The summed E-state index contributed by atoms with van der Waals surface area (Å²) in [5.74, 6) is 2.87. The van der Waals surface area contributed by atoms with Crippen LogP contribution in [0, 0.1) is 17.8 Å². The molecule has 0 heterocycles. The number of carbonyl (C=O) groups is 1. The number of rotatable bonds is 8. The van der Waals surface area contributed by atoms with E-state index in [0.29, 0.717) is 0 Å². The largest absolute Gasteiger partial charge is 0.303 e. The third-order valence-corrected chi connectivity index (χ3v) is 4.31. The summed E-state index contributed by atoms with van der Waals surface area (Å²) in [6.45, 7) is 0. The van der Waals surface area contributed by atoms with E-state index in [9.17, 15) is 4.79 Å². The van der Waals surface area contributed by atoms with Gasteiger partial charge in [0.05, 0.1) is 0 Å². The van der Waals surface area contributed by atoms with Gasteiger partial charge >= 0.3 is 0 Å². The monoisotopic (exact) mass is 220 g/mol. The highest BCUT2D eigenvalue weighted by atomic mass is 16.1. The van der Waals surface area contributed by atoms with Crippen LogP contribution in [-0.4, -0.2) is 6.29 Å². The summed E-state index contributed by atoms with van der Waals surface area (Å²) in [6, 6.07) is 0. The first kappa shape index (κ1) is 11.9. The SMILES string of the molecule is O=CCCCCCCCC1CC2C=CC1C2. The predicted octanol–water partition coefficient (Wildman–Crippen LogP) is 4.13. The Kier molecular flexibility index (Phi) is 4.62. The van der Waals surface area contributed by atoms with Crippen LogP contribution in [0.3, 0.4) is 0 Å². The van der Waals surface area contributed by atoms with Gasteiger partial charge in [0.25, 0.3) is 0 Å². The predicted molar refractivity (Wildman–Crippen MR) is 67.2 cm³/mol. The second-order valence-corrected chi connectivity index (χ2v) is 5.55. The van der Waals surface area contributed by atoms with Crippen molar-refractivity contribution in [2.45, 2.75) is 57.8 Å². The Morgan fingerprint density at radius 1 is 1.00 bits per heavy atom. The molecular weight excluding hydrogens is 196 g/mol. The van der Waals surface area contributed by atoms with E-state index in [1.165, 1.54) is 44.9 Å². The summed E-state index contributed by atoms with van der Waals surface area (Å²) >= 11 is 0. The normalized spacial score (nSPS) is 31.1. The van der Waals surface area contributed by atoms with E-state index in [0.717, 1.165) is 36.9 Å². The zero-order valence-electron chi connectivity index (χ0n) is 10.2. The second-order valence-electron chi connectivity index (χ2n) is 5.55. The Bertz CT molecular complexity index is 244. The Labute approximate surface area is 99.3 Å². The lowest BCUT2D eigenvalue weighted by molar-refractivity contribution is -0.107. The number of allylic oxidation sites excluding steroid dienone is 2. The van der Waals surface area contributed by atoms with Gasteiger partial charge in [-0.3, -0.25) is 0 Å². The molecule has 2 aliphatic rings. The molecule has 0 aromatic rings. The van der Waals surface area contributed by atoms with E-state index in [4.69, 9.17) is 0 Å². The zero-order chi connectivity index (χ0) is 11.2. The fourth-order valence-corrected chi connectivity index (χ4v) is 3.39. The summed E-state index contributed by atoms with van der Waals surface area (Å²) in [4.78, 5) is 10.1. The molecule has 3 unspecified atom stereocenters. The van der Waals surface area contributed by atoms with E-state index in [2.05, 4.69) is 12.2 Å². The van der Waals surface area contributed by atoms with Crippen molar-refractivity contribution in [2.24, 2.45) is 17.8 Å². The first-order valence-corrected chi connectivity index (χ1v) is 7.02. The van der Waals surface area contributed by atoms with Crippen LogP contribution >= 0.6 is 0 Å². The second kappa shape index (κ2) is 6.22. The topological polar surface area (TPSA) is 17.1 Å². The quantitative estimate of drug-likeness (QED) is 0.341. The lowest BCUT2D eigenvalue weighted by atomic mass is 9.88. The molecule has 0 aromatic carbocycles. The van der Waals surface area contributed by atoms with Crippen molar-refractivity contribution in [1.29, 1.82) is 0 Å². The third kappa shape index (κ3) is 3.20. The van der Waals surface area contributed by atoms with Crippen LogP contribution in [0.2, 0.25) is 0 Å². The van der Waals surface area contributed by atoms with Crippen LogP contribution in [0.5, 0.6) is 0 Å². The minimum atomic E-state index is 0.761. The van der Waals surface area contributed by atoms with Gasteiger partial charge in [-0.25, -0.2) is 0 Å². The summed E-state index contributed by atoms with van der Waals surface area (Å²) in [5.41, 5.74) is 0. The molecule has 3 atom stereocenters. The number of hydrogen-bond acceptors (Lipinski definition) is 1. The molecule has 2 aliphatic carbocycles. The van der Waals surface area contributed by atoms with Gasteiger partial charge in [0.2, 0.25) is 0 Å². The Morgan fingerprint density at radius 2 is 1.81 bits per heavy atom. The van der Waals surface area contributed by atoms with Crippen molar-refractivity contribution < 1.29 is 4.79 Å². The first-order valence-electron chi connectivity index (χ1n) is 7.02. The first-order chi connectivity index (χ1) is 7.90. The highest BCUT2D eigenvalue weighted by Crippen LogP contribution is 2.45. The number of fused-ring (bicyclic) bond motifs is 2. The molecule has 0 N–H and O–H groups in total. The van der Waals surface area contributed by atoms with Gasteiger partial charge in [0.15, 0.2) is 0 Å². The third-order valence-electron chi connectivity index (χ3n) is 4.31. The van der Waals surface area contributed by atoms with Crippen molar-refractivity contribution in [2.75, 3.05) is 0 Å². The fourth-order valence-electron chi connectivity index (χ4n) is 3.39. The van der Waals surface area contributed by atoms with Crippen molar-refractivity contribution in [1.82, 2.24) is 0 Å². The molecule has 0 radical (unpaired) electrons. The van der Waals surface area contributed by atoms with Crippen molar-refractivity contribution in [3.05, 3.63) is 12.2 Å². The standard InChI is InChI=1S/C15H24O/c16-10-6-4-2-1-3-5-7-14-11-13-8-9-15(14)12-13/h8-10,13-15H,1-7,11-12H2. The number of carbonyl (C=O) groups excluding carboxylic acids is 1. The fraction of sp³-hybridized carbons (Fsp3) is 0.800. The number of unbranched alkanes of at least 4 members (excludes halogenated alkanes) is 5. The molecule has 16 heavy (non-hydrogen) atoms. The maximum atomic E-state index is 10.1. The van der Waals surface area contributed by atoms with Crippen LogP contribution < -0.4 is 0 Å². The van der Waals surface area contributed by atoms with Gasteiger partial charge in [-0.1, -0.05) is 37.8 Å². The van der Waals surface area contributed by atoms with Gasteiger partial charge in [0.1, 0.15) is 6.29 Å². The van der Waals surface area contributed by atoms with Crippen LogP contribution in [0.15, 0.2) is 12.2 Å². The molecule has 1 heteroatoms. The van der Waals surface area contributed by atoms with Crippen molar-refractivity contribution in [3.63, 3.8) is 0 Å². The van der Waals surface area contributed by atoms with Gasteiger partial charge in [-0.2, -0.15) is 0 Å². The Morgan fingerprint density at radius 3 is 2.50 bits per heavy atom. The molecule has 0 amide bonds. The van der Waals surface area contributed by atoms with Crippen LogP contribution in [0.4, 0.5) is 0 Å². The van der Waals surface area contributed by atoms with Gasteiger partial charge in [0, 0.05) is 6.42 Å². The molecule has 2 rings (SSSR count). The smallest absolute Gasteiger partial charge is 0.119 e. The van der Waals surface area contributed by atoms with E-state index < -0.39 is 0 Å². The maximum Gasteiger partial charge on any atom is 0.119 e. The van der Waals surface area contributed by atoms with E-state index in [1.54, 1.807) is 0 Å². The van der Waals surface area contributed by atoms with Gasteiger partial charge in [-0.05, 0) is 43.4 Å². The highest BCUT2D eigenvalue weighted by Gasteiger charge is 2.34. The van der Waals surface area contributed by atoms with E-state index in [-0.39, 0.29) is 0 Å². The molecule has 2 bridgehead atoms. The molecular formula is C15H24O. The van der Waals surface area contributed by atoms with E-state index in [1.807, 2.05) is 0 Å². The zero-order valence-corrected chi connectivity index (χ0v) is 10.2. The van der Waals surface area contributed by atoms with Gasteiger partial charge < -0.3 is 4.79 Å². The summed E-state index contributed by atoms with van der Waals surface area (Å²) < 4.78 is 0. The van der Waals surface area contributed by atoms with Crippen molar-refractivity contribution in [3.8, 4) is 0 Å². The number of hydrogen-bond donors (Lipinski definition) is 0. The molecule has 90 valence electrons. The molecule has 1 saturated carbocycles. The van der Waals surface area contributed by atoms with Crippen LogP contribution in [0.25, 0.3) is 0 Å². The Hall–Kier alpha value is -0.590. The minimum Gasteiger partial charge on any atom is -0.303 e. The summed E-state index contributed by atoms with van der Waals surface area (Å²) in [7, 11) is 0. The molecule has 1 fully saturated rings. The summed E-state index contributed by atoms with van der Waals surface area (Å²) in [5, 5.41) is 0. The lowest BCUT2D eigenvalue weighted by Crippen LogP contribution is -2.06. The molecule has 0 spiro atoms. The highest BCUT2D eigenvalue weighted by molar-refractivity contribution is 5.48. The van der Waals surface area contributed by atoms with E-state index >= 15 is 0 Å². The lowest BCUT2D eigenvalue weighted by Gasteiger charge is -2.17. The maximum absolute atomic E-state index is 10.1. The van der Waals surface area contributed by atoms with Gasteiger partial charge in [-0.15, -0.1) is 0 Å². The van der Waals surface area contributed by atoms with Crippen LogP contribution in [-0.2, 0) is 4.79 Å². The molecule has 0 aliphatic heterocycles. The molecule has 1 nitrogen and oxygen atoms in total. The van der Waals surface area contributed by atoms with Crippen LogP contribution in [0.1, 0.15) is 57.8 Å². The van der Waals surface area contributed by atoms with Crippen molar-refractivity contribution >= 4 is 6.29 Å². The number of aldehydes is 1. The summed E-state index contributed by atoms with van der Waals surface area (Å²) in [6.07, 6.45) is 17.5. The average Bonchev–Trinajstić information content (AvgIpc) is 2.90. The molecule has 0 aromatic heterocycles.